The number of hydrogen-bond acceptors (Lipinski definition) is 3. The van der Waals surface area contributed by atoms with Gasteiger partial charge in [0, 0.05) is 23.1 Å². The normalized spacial score (nSPS) is 10.3. The average Bonchev–Trinajstić information content (AvgIpc) is 2.65. The minimum atomic E-state index is -0.353. The van der Waals surface area contributed by atoms with E-state index in [0.29, 0.717) is 11.3 Å². The lowest BCUT2D eigenvalue weighted by atomic mass is 10.1. The van der Waals surface area contributed by atoms with Crippen molar-refractivity contribution in [1.82, 2.24) is 4.98 Å². The average molecular weight is 359 g/mol. The van der Waals surface area contributed by atoms with Crippen LogP contribution in [0.25, 0.3) is 0 Å². The number of aryl methyl sites for hydroxylation is 3. The first-order valence-corrected chi connectivity index (χ1v) is 8.65. The van der Waals surface area contributed by atoms with Gasteiger partial charge in [-0.3, -0.25) is 14.6 Å². The zero-order valence-electron chi connectivity index (χ0n) is 15.5. The van der Waals surface area contributed by atoms with Crippen LogP contribution in [-0.4, -0.2) is 16.8 Å². The van der Waals surface area contributed by atoms with Gasteiger partial charge in [0.25, 0.3) is 11.8 Å². The van der Waals surface area contributed by atoms with E-state index >= 15 is 0 Å². The number of amides is 2. The van der Waals surface area contributed by atoms with Crippen LogP contribution in [0.3, 0.4) is 0 Å². The molecule has 0 radical (unpaired) electrons. The van der Waals surface area contributed by atoms with Gasteiger partial charge >= 0.3 is 0 Å². The van der Waals surface area contributed by atoms with Crippen LogP contribution >= 0.6 is 0 Å². The molecule has 5 nitrogen and oxygen atoms in total. The van der Waals surface area contributed by atoms with Gasteiger partial charge in [-0.05, 0) is 67.8 Å². The molecule has 1 heterocycles. The fraction of sp³-hybridized carbons (Fsp3) is 0.136. The fourth-order valence-corrected chi connectivity index (χ4v) is 2.68. The first-order valence-electron chi connectivity index (χ1n) is 8.65. The van der Waals surface area contributed by atoms with Gasteiger partial charge in [0.1, 0.15) is 5.69 Å². The minimum Gasteiger partial charge on any atom is -0.322 e. The molecule has 27 heavy (non-hydrogen) atoms. The summed E-state index contributed by atoms with van der Waals surface area (Å²) in [5.41, 5.74) is 5.06. The van der Waals surface area contributed by atoms with E-state index in [0.717, 1.165) is 22.4 Å². The van der Waals surface area contributed by atoms with Crippen LogP contribution < -0.4 is 10.6 Å². The van der Waals surface area contributed by atoms with Crippen molar-refractivity contribution < 1.29 is 9.59 Å². The first kappa shape index (κ1) is 18.3. The molecule has 0 aliphatic rings. The fourth-order valence-electron chi connectivity index (χ4n) is 2.68. The Morgan fingerprint density at radius 3 is 2.37 bits per heavy atom. The molecule has 0 atom stereocenters. The second-order valence-corrected chi connectivity index (χ2v) is 6.53. The molecule has 2 aromatic carbocycles. The monoisotopic (exact) mass is 359 g/mol. The molecular weight excluding hydrogens is 338 g/mol. The van der Waals surface area contributed by atoms with Gasteiger partial charge in [0.15, 0.2) is 0 Å². The Morgan fingerprint density at radius 1 is 0.815 bits per heavy atom. The highest BCUT2D eigenvalue weighted by Crippen LogP contribution is 2.18. The second-order valence-electron chi connectivity index (χ2n) is 6.53. The van der Waals surface area contributed by atoms with E-state index in [1.807, 2.05) is 63.2 Å². The predicted molar refractivity (Wildman–Crippen MR) is 107 cm³/mol. The van der Waals surface area contributed by atoms with Gasteiger partial charge in [-0.2, -0.15) is 0 Å². The van der Waals surface area contributed by atoms with Gasteiger partial charge < -0.3 is 10.6 Å². The summed E-state index contributed by atoms with van der Waals surface area (Å²) in [6.07, 6.45) is 1.46. The van der Waals surface area contributed by atoms with E-state index in [9.17, 15) is 9.59 Å². The maximum Gasteiger partial charge on any atom is 0.274 e. The Hall–Kier alpha value is -3.47. The third-order valence-electron chi connectivity index (χ3n) is 4.17. The predicted octanol–water partition coefficient (Wildman–Crippen LogP) is 4.51. The molecule has 0 unspecified atom stereocenters. The van der Waals surface area contributed by atoms with Crippen molar-refractivity contribution in [2.45, 2.75) is 20.8 Å². The molecule has 3 rings (SSSR count). The topological polar surface area (TPSA) is 71.1 Å². The molecule has 136 valence electrons. The zero-order valence-corrected chi connectivity index (χ0v) is 15.5. The molecular formula is C22H21N3O2. The number of carbonyl (C=O) groups excluding carboxylic acids is 2. The van der Waals surface area contributed by atoms with Crippen LogP contribution in [0, 0.1) is 20.8 Å². The van der Waals surface area contributed by atoms with Crippen molar-refractivity contribution in [3.8, 4) is 0 Å². The molecule has 0 saturated carbocycles. The summed E-state index contributed by atoms with van der Waals surface area (Å²) in [5.74, 6) is -0.641. The molecule has 0 fully saturated rings. The number of benzene rings is 2. The van der Waals surface area contributed by atoms with E-state index in [1.54, 1.807) is 6.07 Å². The number of nitrogens with one attached hydrogen (secondary N) is 2. The second kappa shape index (κ2) is 7.83. The van der Waals surface area contributed by atoms with Crippen LogP contribution in [-0.2, 0) is 0 Å². The summed E-state index contributed by atoms with van der Waals surface area (Å²) in [6, 6.07) is 16.4. The molecule has 0 aliphatic heterocycles. The number of carbonyl (C=O) groups is 2. The summed E-state index contributed by atoms with van der Waals surface area (Å²) in [5, 5.41) is 5.69. The van der Waals surface area contributed by atoms with Crippen LogP contribution in [0.4, 0.5) is 11.4 Å². The van der Waals surface area contributed by atoms with Gasteiger partial charge in [0.2, 0.25) is 0 Å². The quantitative estimate of drug-likeness (QED) is 0.720. The standard InChI is InChI=1S/C22H21N3O2/c1-14-5-4-6-18(11-14)24-21(26)17-9-10-23-20(13-17)22(27)25-19-12-15(2)7-8-16(19)3/h4-13H,1-3H3,(H,24,26)(H,25,27). The van der Waals surface area contributed by atoms with Crippen LogP contribution in [0.15, 0.2) is 60.8 Å². The molecule has 2 N–H and O–H groups in total. The number of aromatic nitrogens is 1. The maximum absolute atomic E-state index is 12.6. The number of nitrogens with zero attached hydrogens (tertiary/aromatic N) is 1. The minimum absolute atomic E-state index is 0.188. The highest BCUT2D eigenvalue weighted by Gasteiger charge is 2.13. The van der Waals surface area contributed by atoms with E-state index in [-0.39, 0.29) is 17.5 Å². The third-order valence-corrected chi connectivity index (χ3v) is 4.17. The molecule has 0 aliphatic carbocycles. The Kier molecular flexibility index (Phi) is 5.31. The van der Waals surface area contributed by atoms with Crippen LogP contribution in [0.2, 0.25) is 0 Å². The van der Waals surface area contributed by atoms with E-state index < -0.39 is 0 Å². The van der Waals surface area contributed by atoms with Crippen molar-refractivity contribution in [2.75, 3.05) is 10.6 Å². The van der Waals surface area contributed by atoms with Gasteiger partial charge in [-0.1, -0.05) is 24.3 Å². The van der Waals surface area contributed by atoms with Gasteiger partial charge in [0.05, 0.1) is 0 Å². The first-order chi connectivity index (χ1) is 12.9. The zero-order chi connectivity index (χ0) is 19.4. The van der Waals surface area contributed by atoms with Crippen molar-refractivity contribution in [2.24, 2.45) is 0 Å². The molecule has 3 aromatic rings. The van der Waals surface area contributed by atoms with E-state index in [4.69, 9.17) is 0 Å². The summed E-state index contributed by atoms with van der Waals surface area (Å²) >= 11 is 0. The molecule has 2 amide bonds. The number of pyridine rings is 1. The molecule has 5 heteroatoms. The number of hydrogen-bond donors (Lipinski definition) is 2. The largest absolute Gasteiger partial charge is 0.322 e. The third kappa shape index (κ3) is 4.58. The lowest BCUT2D eigenvalue weighted by Gasteiger charge is -2.10. The Bertz CT molecular complexity index is 1010. The molecule has 1 aromatic heterocycles. The summed E-state index contributed by atoms with van der Waals surface area (Å²) in [7, 11) is 0. The Balaban J connectivity index is 1.77. The number of anilines is 2. The van der Waals surface area contributed by atoms with Crippen molar-refractivity contribution in [3.05, 3.63) is 88.7 Å². The summed E-state index contributed by atoms with van der Waals surface area (Å²) in [4.78, 5) is 29.1. The molecule has 0 saturated heterocycles. The van der Waals surface area contributed by atoms with E-state index in [1.165, 1.54) is 12.3 Å². The summed E-state index contributed by atoms with van der Waals surface area (Å²) < 4.78 is 0. The van der Waals surface area contributed by atoms with Gasteiger partial charge in [-0.25, -0.2) is 0 Å². The lowest BCUT2D eigenvalue weighted by Crippen LogP contribution is -2.17. The highest BCUT2D eigenvalue weighted by atomic mass is 16.2. The van der Waals surface area contributed by atoms with Crippen molar-refractivity contribution >= 4 is 23.2 Å². The van der Waals surface area contributed by atoms with Crippen LogP contribution in [0.5, 0.6) is 0 Å². The van der Waals surface area contributed by atoms with Crippen LogP contribution in [0.1, 0.15) is 37.5 Å². The maximum atomic E-state index is 12.6. The SMILES string of the molecule is Cc1cccc(NC(=O)c2ccnc(C(=O)Nc3cc(C)ccc3C)c2)c1. The van der Waals surface area contributed by atoms with E-state index in [2.05, 4.69) is 15.6 Å². The molecule has 0 spiro atoms. The Morgan fingerprint density at radius 2 is 1.59 bits per heavy atom. The van der Waals surface area contributed by atoms with Crippen molar-refractivity contribution in [3.63, 3.8) is 0 Å². The van der Waals surface area contributed by atoms with Gasteiger partial charge in [-0.15, -0.1) is 0 Å². The Labute approximate surface area is 158 Å². The molecule has 0 bridgehead atoms. The summed E-state index contributed by atoms with van der Waals surface area (Å²) in [6.45, 7) is 5.84. The smallest absolute Gasteiger partial charge is 0.274 e. The lowest BCUT2D eigenvalue weighted by molar-refractivity contribution is 0.102. The highest BCUT2D eigenvalue weighted by molar-refractivity contribution is 6.08. The van der Waals surface area contributed by atoms with Crippen molar-refractivity contribution in [1.29, 1.82) is 0 Å². The number of rotatable bonds is 4.